The van der Waals surface area contributed by atoms with Crippen LogP contribution in [0.25, 0.3) is 0 Å². The van der Waals surface area contributed by atoms with E-state index in [0.29, 0.717) is 5.75 Å². The van der Waals surface area contributed by atoms with E-state index in [1.165, 1.54) is 5.56 Å². The summed E-state index contributed by atoms with van der Waals surface area (Å²) in [6.45, 7) is 1.98. The van der Waals surface area contributed by atoms with Gasteiger partial charge in [-0.2, -0.15) is 0 Å². The molecule has 0 atom stereocenters. The molecule has 0 bridgehead atoms. The number of hydrogen-bond donors (Lipinski definition) is 1. The molecule has 0 fully saturated rings. The second-order valence-corrected chi connectivity index (χ2v) is 5.02. The van der Waals surface area contributed by atoms with Crippen LogP contribution in [-0.4, -0.2) is 56.2 Å². The van der Waals surface area contributed by atoms with Gasteiger partial charge in [-0.05, 0) is 58.2 Å². The Hall–Kier alpha value is -1.06. The number of rotatable bonds is 6. The van der Waals surface area contributed by atoms with Gasteiger partial charge < -0.3 is 14.9 Å². The predicted molar refractivity (Wildman–Crippen MR) is 72.6 cm³/mol. The summed E-state index contributed by atoms with van der Waals surface area (Å²) in [5.74, 6) is 0.433. The molecule has 0 heterocycles. The molecule has 0 unspecified atom stereocenters. The Balaban J connectivity index is 2.76. The van der Waals surface area contributed by atoms with Crippen molar-refractivity contribution in [2.24, 2.45) is 0 Å². The van der Waals surface area contributed by atoms with Gasteiger partial charge in [-0.1, -0.05) is 12.1 Å². The third-order valence-corrected chi connectivity index (χ3v) is 2.89. The van der Waals surface area contributed by atoms with E-state index >= 15 is 0 Å². The molecule has 0 spiro atoms. The van der Waals surface area contributed by atoms with Crippen LogP contribution in [0.5, 0.6) is 5.75 Å². The van der Waals surface area contributed by atoms with Crippen molar-refractivity contribution >= 4 is 0 Å². The molecule has 17 heavy (non-hydrogen) atoms. The Kier molecular flexibility index (Phi) is 5.45. The first-order valence-corrected chi connectivity index (χ1v) is 6.10. The van der Waals surface area contributed by atoms with E-state index in [4.69, 9.17) is 0 Å². The number of likely N-dealkylation sites (N-methyl/N-ethyl adjacent to an activating group) is 2. The molecule has 0 saturated carbocycles. The van der Waals surface area contributed by atoms with Crippen molar-refractivity contribution in [3.63, 3.8) is 0 Å². The third kappa shape index (κ3) is 4.75. The summed E-state index contributed by atoms with van der Waals surface area (Å²) in [7, 11) is 8.25. The lowest BCUT2D eigenvalue weighted by Gasteiger charge is -2.16. The lowest BCUT2D eigenvalue weighted by molar-refractivity contribution is 0.399. The normalized spacial score (nSPS) is 11.4. The zero-order valence-electron chi connectivity index (χ0n) is 11.4. The zero-order valence-corrected chi connectivity index (χ0v) is 11.4. The fraction of sp³-hybridized carbons (Fsp3) is 0.571. The van der Waals surface area contributed by atoms with Gasteiger partial charge >= 0.3 is 0 Å². The molecule has 1 aromatic rings. The van der Waals surface area contributed by atoms with Crippen LogP contribution in [0.3, 0.4) is 0 Å². The Labute approximate surface area is 105 Å². The molecule has 0 aliphatic carbocycles. The van der Waals surface area contributed by atoms with Crippen molar-refractivity contribution < 1.29 is 5.11 Å². The van der Waals surface area contributed by atoms with Crippen LogP contribution in [-0.2, 0) is 12.8 Å². The van der Waals surface area contributed by atoms with E-state index < -0.39 is 0 Å². The summed E-state index contributed by atoms with van der Waals surface area (Å²) in [4.78, 5) is 4.31. The molecule has 0 radical (unpaired) electrons. The average Bonchev–Trinajstić information content (AvgIpc) is 2.24. The fourth-order valence-electron chi connectivity index (χ4n) is 1.82. The van der Waals surface area contributed by atoms with Gasteiger partial charge in [-0.25, -0.2) is 0 Å². The molecule has 3 heteroatoms. The highest BCUT2D eigenvalue weighted by molar-refractivity contribution is 5.39. The quantitative estimate of drug-likeness (QED) is 0.813. The van der Waals surface area contributed by atoms with Crippen molar-refractivity contribution in [1.82, 2.24) is 9.80 Å². The maximum atomic E-state index is 9.94. The summed E-state index contributed by atoms with van der Waals surface area (Å²) in [5, 5.41) is 9.94. The van der Waals surface area contributed by atoms with Gasteiger partial charge in [-0.15, -0.1) is 0 Å². The summed E-state index contributed by atoms with van der Waals surface area (Å²) in [6, 6.07) is 5.83. The number of nitrogens with zero attached hydrogens (tertiary/aromatic N) is 2. The first-order chi connectivity index (χ1) is 8.00. The number of aromatic hydroxyl groups is 1. The van der Waals surface area contributed by atoms with Crippen molar-refractivity contribution in [2.45, 2.75) is 12.8 Å². The third-order valence-electron chi connectivity index (χ3n) is 2.89. The van der Waals surface area contributed by atoms with Crippen LogP contribution in [0, 0.1) is 0 Å². The zero-order chi connectivity index (χ0) is 12.8. The highest BCUT2D eigenvalue weighted by Crippen LogP contribution is 2.22. The largest absolute Gasteiger partial charge is 0.508 e. The molecule has 3 nitrogen and oxygen atoms in total. The lowest BCUT2D eigenvalue weighted by atomic mass is 10.0. The number of phenols is 1. The van der Waals surface area contributed by atoms with Crippen molar-refractivity contribution in [1.29, 1.82) is 0 Å². The highest BCUT2D eigenvalue weighted by atomic mass is 16.3. The van der Waals surface area contributed by atoms with Gasteiger partial charge in [0.2, 0.25) is 0 Å². The predicted octanol–water partition coefficient (Wildman–Crippen LogP) is 1.60. The molecular formula is C14H24N2O. The topological polar surface area (TPSA) is 26.7 Å². The smallest absolute Gasteiger partial charge is 0.119 e. The van der Waals surface area contributed by atoms with E-state index in [1.54, 1.807) is 6.07 Å². The van der Waals surface area contributed by atoms with Crippen LogP contribution in [0.4, 0.5) is 0 Å². The molecule has 0 amide bonds. The summed E-state index contributed by atoms with van der Waals surface area (Å²) >= 11 is 0. The summed E-state index contributed by atoms with van der Waals surface area (Å²) in [5.41, 5.74) is 2.36. The maximum Gasteiger partial charge on any atom is 0.119 e. The Bertz CT molecular complexity index is 348. The minimum Gasteiger partial charge on any atom is -0.508 e. The Morgan fingerprint density at radius 3 is 2.12 bits per heavy atom. The van der Waals surface area contributed by atoms with Crippen LogP contribution >= 0.6 is 0 Å². The van der Waals surface area contributed by atoms with Gasteiger partial charge in [0.25, 0.3) is 0 Å². The van der Waals surface area contributed by atoms with E-state index in [1.807, 2.05) is 6.07 Å². The molecule has 0 saturated heterocycles. The molecular weight excluding hydrogens is 212 g/mol. The maximum absolute atomic E-state index is 9.94. The van der Waals surface area contributed by atoms with Crippen LogP contribution in [0.1, 0.15) is 11.1 Å². The first-order valence-electron chi connectivity index (χ1n) is 6.10. The second-order valence-electron chi connectivity index (χ2n) is 5.02. The monoisotopic (exact) mass is 236 g/mol. The van der Waals surface area contributed by atoms with E-state index in [9.17, 15) is 5.11 Å². The van der Waals surface area contributed by atoms with Crippen molar-refractivity contribution in [2.75, 3.05) is 41.3 Å². The molecule has 0 aliphatic heterocycles. The van der Waals surface area contributed by atoms with Gasteiger partial charge in [0.15, 0.2) is 0 Å². The van der Waals surface area contributed by atoms with E-state index in [2.05, 4.69) is 44.1 Å². The SMILES string of the molecule is CN(C)CCc1cccc(O)c1CCN(C)C. The summed E-state index contributed by atoms with van der Waals surface area (Å²) < 4.78 is 0. The second kappa shape index (κ2) is 6.62. The van der Waals surface area contributed by atoms with Gasteiger partial charge in [0, 0.05) is 13.1 Å². The minimum absolute atomic E-state index is 0.433. The Morgan fingerprint density at radius 2 is 1.53 bits per heavy atom. The molecule has 1 rings (SSSR count). The highest BCUT2D eigenvalue weighted by Gasteiger charge is 2.08. The van der Waals surface area contributed by atoms with E-state index in [-0.39, 0.29) is 0 Å². The van der Waals surface area contributed by atoms with E-state index in [0.717, 1.165) is 31.5 Å². The first kappa shape index (κ1) is 14.0. The lowest BCUT2D eigenvalue weighted by Crippen LogP contribution is -2.18. The van der Waals surface area contributed by atoms with Crippen LogP contribution in [0.15, 0.2) is 18.2 Å². The van der Waals surface area contributed by atoms with Crippen molar-refractivity contribution in [3.05, 3.63) is 29.3 Å². The number of benzene rings is 1. The number of phenolic OH excluding ortho intramolecular Hbond substituents is 1. The molecule has 1 N–H and O–H groups in total. The van der Waals surface area contributed by atoms with Crippen molar-refractivity contribution in [3.8, 4) is 5.75 Å². The standard InChI is InChI=1S/C14H24N2O/c1-15(2)10-8-12-6-5-7-14(17)13(12)9-11-16(3)4/h5-7,17H,8-11H2,1-4H3. The average molecular weight is 236 g/mol. The molecule has 0 aliphatic rings. The fourth-order valence-corrected chi connectivity index (χ4v) is 1.82. The minimum atomic E-state index is 0.433. The van der Waals surface area contributed by atoms with Gasteiger partial charge in [-0.3, -0.25) is 0 Å². The number of hydrogen-bond acceptors (Lipinski definition) is 3. The molecule has 0 aromatic heterocycles. The Morgan fingerprint density at radius 1 is 0.941 bits per heavy atom. The molecule has 1 aromatic carbocycles. The van der Waals surface area contributed by atoms with Crippen LogP contribution < -0.4 is 0 Å². The molecule has 96 valence electrons. The van der Waals surface area contributed by atoms with Gasteiger partial charge in [0.05, 0.1) is 0 Å². The van der Waals surface area contributed by atoms with Crippen LogP contribution in [0.2, 0.25) is 0 Å². The summed E-state index contributed by atoms with van der Waals surface area (Å²) in [6.07, 6.45) is 1.90. The van der Waals surface area contributed by atoms with Gasteiger partial charge in [0.1, 0.15) is 5.75 Å².